The molecular formula is C23H39IN4O. The SMILES string of the molecule is CCNC(=NCc1cccc(CN2CCCCCC2)c1)N(C)CC1CCOC1.I. The summed E-state index contributed by atoms with van der Waals surface area (Å²) in [4.78, 5) is 9.77. The Labute approximate surface area is 194 Å². The zero-order valence-corrected chi connectivity index (χ0v) is 20.6. The molecule has 2 aliphatic heterocycles. The van der Waals surface area contributed by atoms with Gasteiger partial charge in [0.15, 0.2) is 5.96 Å². The fourth-order valence-electron chi connectivity index (χ4n) is 4.22. The van der Waals surface area contributed by atoms with E-state index in [-0.39, 0.29) is 24.0 Å². The maximum Gasteiger partial charge on any atom is 0.193 e. The highest BCUT2D eigenvalue weighted by atomic mass is 127. The first-order valence-electron chi connectivity index (χ1n) is 11.1. The van der Waals surface area contributed by atoms with Gasteiger partial charge in [0.1, 0.15) is 0 Å². The van der Waals surface area contributed by atoms with Crippen LogP contribution in [0.25, 0.3) is 0 Å². The van der Waals surface area contributed by atoms with Crippen LogP contribution in [0.2, 0.25) is 0 Å². The third kappa shape index (κ3) is 8.42. The maximum absolute atomic E-state index is 5.52. The van der Waals surface area contributed by atoms with Crippen LogP contribution in [0.1, 0.15) is 50.2 Å². The van der Waals surface area contributed by atoms with E-state index in [0.29, 0.717) is 5.92 Å². The van der Waals surface area contributed by atoms with Crippen LogP contribution < -0.4 is 5.32 Å². The molecule has 0 bridgehead atoms. The van der Waals surface area contributed by atoms with E-state index in [1.165, 1.54) is 49.9 Å². The fraction of sp³-hybridized carbons (Fsp3) is 0.696. The van der Waals surface area contributed by atoms with Crippen molar-refractivity contribution in [1.82, 2.24) is 15.1 Å². The van der Waals surface area contributed by atoms with Gasteiger partial charge in [-0.05, 0) is 50.4 Å². The molecule has 1 unspecified atom stereocenters. The molecule has 164 valence electrons. The van der Waals surface area contributed by atoms with E-state index in [4.69, 9.17) is 9.73 Å². The first-order valence-corrected chi connectivity index (χ1v) is 11.1. The van der Waals surface area contributed by atoms with Crippen LogP contribution in [0.15, 0.2) is 29.3 Å². The molecule has 3 rings (SSSR count). The summed E-state index contributed by atoms with van der Waals surface area (Å²) in [7, 11) is 2.13. The average Bonchev–Trinajstić information content (AvgIpc) is 3.07. The van der Waals surface area contributed by atoms with Crippen molar-refractivity contribution in [2.24, 2.45) is 10.9 Å². The van der Waals surface area contributed by atoms with E-state index >= 15 is 0 Å². The Bertz CT molecular complexity index is 611. The molecule has 0 aromatic heterocycles. The van der Waals surface area contributed by atoms with Gasteiger partial charge in [-0.3, -0.25) is 4.90 Å². The van der Waals surface area contributed by atoms with Gasteiger partial charge in [0.25, 0.3) is 0 Å². The molecule has 1 aromatic carbocycles. The van der Waals surface area contributed by atoms with Gasteiger partial charge in [-0.25, -0.2) is 4.99 Å². The van der Waals surface area contributed by atoms with Crippen molar-refractivity contribution in [3.8, 4) is 0 Å². The predicted octanol–water partition coefficient (Wildman–Crippen LogP) is 4.11. The summed E-state index contributed by atoms with van der Waals surface area (Å²) < 4.78 is 5.52. The van der Waals surface area contributed by atoms with Crippen LogP contribution in [0, 0.1) is 5.92 Å². The van der Waals surface area contributed by atoms with Crippen LogP contribution in [0.3, 0.4) is 0 Å². The Morgan fingerprint density at radius 1 is 1.21 bits per heavy atom. The molecule has 1 N–H and O–H groups in total. The summed E-state index contributed by atoms with van der Waals surface area (Å²) in [5.74, 6) is 1.61. The van der Waals surface area contributed by atoms with Crippen molar-refractivity contribution in [1.29, 1.82) is 0 Å². The lowest BCUT2D eigenvalue weighted by molar-refractivity contribution is 0.181. The van der Waals surface area contributed by atoms with Gasteiger partial charge in [0.05, 0.1) is 13.2 Å². The molecular weight excluding hydrogens is 475 g/mol. The molecule has 1 atom stereocenters. The smallest absolute Gasteiger partial charge is 0.193 e. The Morgan fingerprint density at radius 3 is 2.66 bits per heavy atom. The second-order valence-electron chi connectivity index (χ2n) is 8.29. The van der Waals surface area contributed by atoms with Crippen LogP contribution in [-0.4, -0.2) is 62.2 Å². The Kier molecular flexibility index (Phi) is 11.3. The number of hydrogen-bond donors (Lipinski definition) is 1. The highest BCUT2D eigenvalue weighted by Crippen LogP contribution is 2.16. The van der Waals surface area contributed by atoms with Gasteiger partial charge in [0.2, 0.25) is 0 Å². The predicted molar refractivity (Wildman–Crippen MR) is 132 cm³/mol. The Balaban J connectivity index is 0.00000300. The summed E-state index contributed by atoms with van der Waals surface area (Å²) in [5.41, 5.74) is 2.70. The number of likely N-dealkylation sites (tertiary alicyclic amines) is 1. The summed E-state index contributed by atoms with van der Waals surface area (Å²) in [5, 5.41) is 3.44. The molecule has 6 heteroatoms. The van der Waals surface area contributed by atoms with E-state index in [2.05, 4.69) is 53.4 Å². The van der Waals surface area contributed by atoms with Crippen LogP contribution in [0.5, 0.6) is 0 Å². The minimum atomic E-state index is 0. The monoisotopic (exact) mass is 514 g/mol. The van der Waals surface area contributed by atoms with Crippen molar-refractivity contribution in [3.05, 3.63) is 35.4 Å². The van der Waals surface area contributed by atoms with Crippen molar-refractivity contribution in [2.45, 2.75) is 52.1 Å². The van der Waals surface area contributed by atoms with Gasteiger partial charge in [0, 0.05) is 39.2 Å². The van der Waals surface area contributed by atoms with E-state index < -0.39 is 0 Å². The van der Waals surface area contributed by atoms with Gasteiger partial charge in [-0.2, -0.15) is 0 Å². The lowest BCUT2D eigenvalue weighted by Gasteiger charge is -2.24. The quantitative estimate of drug-likeness (QED) is 0.338. The molecule has 0 spiro atoms. The molecule has 2 heterocycles. The molecule has 0 saturated carbocycles. The lowest BCUT2D eigenvalue weighted by Crippen LogP contribution is -2.41. The van der Waals surface area contributed by atoms with Crippen molar-refractivity contribution in [3.63, 3.8) is 0 Å². The summed E-state index contributed by atoms with van der Waals surface area (Å²) in [6, 6.07) is 8.98. The maximum atomic E-state index is 5.52. The molecule has 0 radical (unpaired) electrons. The minimum absolute atomic E-state index is 0. The second-order valence-corrected chi connectivity index (χ2v) is 8.29. The van der Waals surface area contributed by atoms with E-state index in [1.54, 1.807) is 0 Å². The van der Waals surface area contributed by atoms with E-state index in [1.807, 2.05) is 0 Å². The molecule has 5 nitrogen and oxygen atoms in total. The van der Waals surface area contributed by atoms with Crippen molar-refractivity contribution in [2.75, 3.05) is 46.4 Å². The lowest BCUT2D eigenvalue weighted by atomic mass is 10.1. The van der Waals surface area contributed by atoms with Gasteiger partial charge in [-0.15, -0.1) is 24.0 Å². The minimum Gasteiger partial charge on any atom is -0.381 e. The van der Waals surface area contributed by atoms with Gasteiger partial charge in [-0.1, -0.05) is 37.1 Å². The van der Waals surface area contributed by atoms with E-state index in [9.17, 15) is 0 Å². The highest BCUT2D eigenvalue weighted by molar-refractivity contribution is 14.0. The fourth-order valence-corrected chi connectivity index (χ4v) is 4.22. The number of nitrogens with zero attached hydrogens (tertiary/aromatic N) is 3. The number of hydrogen-bond acceptors (Lipinski definition) is 3. The molecule has 29 heavy (non-hydrogen) atoms. The average molecular weight is 514 g/mol. The first kappa shape index (κ1) is 24.4. The third-order valence-corrected chi connectivity index (χ3v) is 5.76. The molecule has 1 aromatic rings. The Hall–Kier alpha value is -0.860. The number of benzene rings is 1. The molecule has 0 aliphatic carbocycles. The second kappa shape index (κ2) is 13.4. The normalized spacial score (nSPS) is 20.8. The molecule has 0 amide bonds. The third-order valence-electron chi connectivity index (χ3n) is 5.76. The van der Waals surface area contributed by atoms with Crippen molar-refractivity contribution < 1.29 is 4.74 Å². The van der Waals surface area contributed by atoms with Crippen LogP contribution in [0.4, 0.5) is 0 Å². The Morgan fingerprint density at radius 2 is 1.97 bits per heavy atom. The van der Waals surface area contributed by atoms with Gasteiger partial charge < -0.3 is 15.0 Å². The zero-order chi connectivity index (χ0) is 19.6. The number of rotatable bonds is 7. The highest BCUT2D eigenvalue weighted by Gasteiger charge is 2.19. The number of nitrogens with one attached hydrogen (secondary N) is 1. The summed E-state index contributed by atoms with van der Waals surface area (Å²) in [6.07, 6.45) is 6.61. The molecule has 2 fully saturated rings. The van der Waals surface area contributed by atoms with E-state index in [0.717, 1.165) is 51.8 Å². The van der Waals surface area contributed by atoms with Crippen LogP contribution in [-0.2, 0) is 17.8 Å². The topological polar surface area (TPSA) is 40.1 Å². The number of guanidine groups is 1. The number of halogens is 1. The first-order chi connectivity index (χ1) is 13.7. The number of aliphatic imine (C=N–C) groups is 1. The largest absolute Gasteiger partial charge is 0.381 e. The van der Waals surface area contributed by atoms with Crippen molar-refractivity contribution >= 4 is 29.9 Å². The zero-order valence-electron chi connectivity index (χ0n) is 18.2. The summed E-state index contributed by atoms with van der Waals surface area (Å²) >= 11 is 0. The summed E-state index contributed by atoms with van der Waals surface area (Å²) in [6.45, 7) is 10.1. The molecule has 2 saturated heterocycles. The van der Waals surface area contributed by atoms with Crippen LogP contribution >= 0.6 is 24.0 Å². The van der Waals surface area contributed by atoms with Gasteiger partial charge >= 0.3 is 0 Å². The molecule has 2 aliphatic rings. The standard InChI is InChI=1S/C23H38N4O.HI/c1-3-24-23(26(2)17-22-11-14-28-19-22)25-16-20-9-8-10-21(15-20)18-27-12-6-4-5-7-13-27;/h8-10,15,22H,3-7,11-14,16-19H2,1-2H3,(H,24,25);1H. The number of ether oxygens (including phenoxy) is 1.